The van der Waals surface area contributed by atoms with Crippen molar-refractivity contribution >= 4 is 61.1 Å². The van der Waals surface area contributed by atoms with Crippen LogP contribution in [0.1, 0.15) is 18.4 Å². The number of nitrogens with zero attached hydrogens (tertiary/aromatic N) is 4. The summed E-state index contributed by atoms with van der Waals surface area (Å²) in [5.41, 5.74) is 14.0. The Morgan fingerprint density at radius 3 is 2.14 bits per heavy atom. The highest BCUT2D eigenvalue weighted by atomic mass is 79.9. The lowest BCUT2D eigenvalue weighted by Crippen LogP contribution is -2.57. The minimum Gasteiger partial charge on any atom is -0.397 e. The molecule has 1 atom stereocenters. The first-order chi connectivity index (χ1) is 17.7. The van der Waals surface area contributed by atoms with Crippen LogP contribution in [-0.2, 0) is 16.0 Å². The highest BCUT2D eigenvalue weighted by molar-refractivity contribution is 9.11. The Balaban J connectivity index is 1.46. The van der Waals surface area contributed by atoms with Gasteiger partial charge in [0.2, 0.25) is 11.8 Å². The van der Waals surface area contributed by atoms with Crippen molar-refractivity contribution in [3.8, 4) is 0 Å². The summed E-state index contributed by atoms with van der Waals surface area (Å²) in [6.45, 7) is 3.32. The van der Waals surface area contributed by atoms with Crippen molar-refractivity contribution in [3.05, 3.63) is 51.2 Å². The second-order valence-electron chi connectivity index (χ2n) is 9.36. The van der Waals surface area contributed by atoms with E-state index in [-0.39, 0.29) is 23.8 Å². The molecule has 0 spiro atoms. The van der Waals surface area contributed by atoms with Crippen LogP contribution in [0.3, 0.4) is 0 Å². The predicted octanol–water partition coefficient (Wildman–Crippen LogP) is 2.36. The maximum absolute atomic E-state index is 13.7. The summed E-state index contributed by atoms with van der Waals surface area (Å²) in [5.74, 6) is -0.681. The third kappa shape index (κ3) is 6.72. The molecule has 2 saturated heterocycles. The van der Waals surface area contributed by atoms with Gasteiger partial charge in [0.25, 0.3) is 0 Å². The Bertz CT molecular complexity index is 1110. The van der Waals surface area contributed by atoms with E-state index in [9.17, 15) is 14.4 Å². The number of likely N-dealkylation sites (tertiary alicyclic amines) is 1. The van der Waals surface area contributed by atoms with Crippen LogP contribution in [0.15, 0.2) is 45.6 Å². The number of nitrogens with one attached hydrogen (secondary N) is 1. The normalized spacial score (nSPS) is 17.4. The minimum absolute atomic E-state index is 0.126. The highest BCUT2D eigenvalue weighted by Crippen LogP contribution is 2.30. The summed E-state index contributed by atoms with van der Waals surface area (Å²) >= 11 is 6.93. The van der Waals surface area contributed by atoms with Gasteiger partial charge in [-0.25, -0.2) is 4.79 Å². The average Bonchev–Trinajstić information content (AvgIpc) is 2.91. The van der Waals surface area contributed by atoms with Gasteiger partial charge in [0, 0.05) is 78.6 Å². The van der Waals surface area contributed by atoms with Crippen LogP contribution < -0.4 is 21.7 Å². The number of carbonyl (C=O) groups is 3. The molecule has 1 aromatic heterocycles. The SMILES string of the molecule is NC(=O)C1CCN(C(=O)N[C@@H](Cc2cc(Br)c(N)c(Br)c2)C(=O)N2CCN(c3ccncc3)CC2)CC1. The molecule has 198 valence electrons. The molecule has 10 nitrogen and oxygen atoms in total. The van der Waals surface area contributed by atoms with E-state index >= 15 is 0 Å². The molecule has 2 aromatic rings. The number of nitrogen functional groups attached to an aromatic ring is 1. The molecule has 0 unspecified atom stereocenters. The predicted molar refractivity (Wildman–Crippen MR) is 149 cm³/mol. The number of amides is 4. The number of hydrogen-bond acceptors (Lipinski definition) is 6. The minimum atomic E-state index is -0.753. The van der Waals surface area contributed by atoms with E-state index in [1.165, 1.54) is 0 Å². The fraction of sp³-hybridized carbons (Fsp3) is 0.440. The van der Waals surface area contributed by atoms with Crippen LogP contribution in [0.4, 0.5) is 16.2 Å². The first-order valence-corrected chi connectivity index (χ1v) is 13.8. The monoisotopic (exact) mass is 635 g/mol. The smallest absolute Gasteiger partial charge is 0.318 e. The number of anilines is 2. The van der Waals surface area contributed by atoms with Gasteiger partial charge in [0.1, 0.15) is 6.04 Å². The highest BCUT2D eigenvalue weighted by Gasteiger charge is 2.32. The number of urea groups is 1. The first kappa shape index (κ1) is 27.2. The zero-order valence-corrected chi connectivity index (χ0v) is 23.6. The molecule has 37 heavy (non-hydrogen) atoms. The van der Waals surface area contributed by atoms with Gasteiger partial charge in [-0.05, 0) is 74.5 Å². The molecule has 0 radical (unpaired) electrons. The number of piperazine rings is 1. The molecule has 4 amide bonds. The summed E-state index contributed by atoms with van der Waals surface area (Å²) in [6, 6.07) is 6.58. The van der Waals surface area contributed by atoms with Gasteiger partial charge in [-0.1, -0.05) is 0 Å². The van der Waals surface area contributed by atoms with E-state index in [2.05, 4.69) is 47.1 Å². The Hall–Kier alpha value is -2.86. The van der Waals surface area contributed by atoms with Gasteiger partial charge in [-0.3, -0.25) is 14.6 Å². The number of nitrogens with two attached hydrogens (primary N) is 2. The third-order valence-electron chi connectivity index (χ3n) is 6.98. The van der Waals surface area contributed by atoms with E-state index < -0.39 is 6.04 Å². The summed E-state index contributed by atoms with van der Waals surface area (Å²) in [4.78, 5) is 48.1. The van der Waals surface area contributed by atoms with Crippen molar-refractivity contribution in [3.63, 3.8) is 0 Å². The van der Waals surface area contributed by atoms with Gasteiger partial charge in [-0.15, -0.1) is 0 Å². The Labute approximate surface area is 233 Å². The Morgan fingerprint density at radius 1 is 0.973 bits per heavy atom. The summed E-state index contributed by atoms with van der Waals surface area (Å²) < 4.78 is 1.43. The number of pyridine rings is 1. The number of hydrogen-bond donors (Lipinski definition) is 3. The van der Waals surface area contributed by atoms with Gasteiger partial charge >= 0.3 is 6.03 Å². The van der Waals surface area contributed by atoms with Crippen molar-refractivity contribution in [1.82, 2.24) is 20.1 Å². The van der Waals surface area contributed by atoms with E-state index in [0.29, 0.717) is 73.2 Å². The molecule has 5 N–H and O–H groups in total. The lowest BCUT2D eigenvalue weighted by molar-refractivity contribution is -0.133. The molecular weight excluding hydrogens is 606 g/mol. The van der Waals surface area contributed by atoms with Crippen molar-refractivity contribution in [2.24, 2.45) is 11.7 Å². The summed E-state index contributed by atoms with van der Waals surface area (Å²) in [7, 11) is 0. The fourth-order valence-corrected chi connectivity index (χ4v) is 6.04. The number of halogens is 2. The van der Waals surface area contributed by atoms with Gasteiger partial charge in [-0.2, -0.15) is 0 Å². The van der Waals surface area contributed by atoms with Crippen LogP contribution in [0, 0.1) is 5.92 Å². The maximum Gasteiger partial charge on any atom is 0.318 e. The molecule has 0 bridgehead atoms. The number of aromatic nitrogens is 1. The van der Waals surface area contributed by atoms with Crippen LogP contribution >= 0.6 is 31.9 Å². The zero-order chi connectivity index (χ0) is 26.5. The van der Waals surface area contributed by atoms with E-state index in [0.717, 1.165) is 11.3 Å². The lowest BCUT2D eigenvalue weighted by Gasteiger charge is -2.38. The van der Waals surface area contributed by atoms with Crippen molar-refractivity contribution in [2.45, 2.75) is 25.3 Å². The quantitative estimate of drug-likeness (QED) is 0.416. The molecule has 3 heterocycles. The number of rotatable bonds is 6. The average molecular weight is 637 g/mol. The maximum atomic E-state index is 13.7. The molecule has 2 fully saturated rings. The lowest BCUT2D eigenvalue weighted by atomic mass is 9.96. The molecule has 4 rings (SSSR count). The van der Waals surface area contributed by atoms with E-state index in [4.69, 9.17) is 11.5 Å². The van der Waals surface area contributed by atoms with Crippen LogP contribution in [0.25, 0.3) is 0 Å². The van der Waals surface area contributed by atoms with Gasteiger partial charge < -0.3 is 31.5 Å². The molecule has 12 heteroatoms. The number of benzene rings is 1. The van der Waals surface area contributed by atoms with Crippen molar-refractivity contribution in [2.75, 3.05) is 49.9 Å². The summed E-state index contributed by atoms with van der Waals surface area (Å²) in [6.07, 6.45) is 4.87. The van der Waals surface area contributed by atoms with Crippen LogP contribution in [0.2, 0.25) is 0 Å². The largest absolute Gasteiger partial charge is 0.397 e. The first-order valence-electron chi connectivity index (χ1n) is 12.2. The van der Waals surface area contributed by atoms with Gasteiger partial charge in [0.15, 0.2) is 0 Å². The zero-order valence-electron chi connectivity index (χ0n) is 20.4. The Morgan fingerprint density at radius 2 is 1.57 bits per heavy atom. The Kier molecular flexibility index (Phi) is 8.91. The second-order valence-corrected chi connectivity index (χ2v) is 11.1. The number of piperidine rings is 1. The molecular formula is C25H31Br2N7O3. The standard InChI is InChI=1S/C25H31Br2N7O3/c26-19-13-16(14-20(27)22(19)28)15-21(31-25(37)34-7-3-17(4-8-34)23(29)35)24(36)33-11-9-32(10-12-33)18-1-5-30-6-2-18/h1-2,5-6,13-14,17,21H,3-4,7-12,15,28H2,(H2,29,35)(H,31,37)/t21-/m0/s1. The van der Waals surface area contributed by atoms with E-state index in [1.54, 1.807) is 17.3 Å². The van der Waals surface area contributed by atoms with Crippen LogP contribution in [0.5, 0.6) is 0 Å². The molecule has 2 aliphatic heterocycles. The van der Waals surface area contributed by atoms with Crippen molar-refractivity contribution in [1.29, 1.82) is 0 Å². The van der Waals surface area contributed by atoms with Gasteiger partial charge in [0.05, 0.1) is 5.69 Å². The fourth-order valence-electron chi connectivity index (χ4n) is 4.76. The number of primary amides is 1. The molecule has 0 saturated carbocycles. The topological polar surface area (TPSA) is 138 Å². The van der Waals surface area contributed by atoms with Crippen LogP contribution in [-0.4, -0.2) is 77.9 Å². The number of carbonyl (C=O) groups excluding carboxylic acids is 3. The second kappa shape index (κ2) is 12.1. The summed E-state index contributed by atoms with van der Waals surface area (Å²) in [5, 5.41) is 2.97. The van der Waals surface area contributed by atoms with Crippen molar-refractivity contribution < 1.29 is 14.4 Å². The van der Waals surface area contributed by atoms with E-state index in [1.807, 2.05) is 29.2 Å². The molecule has 0 aliphatic carbocycles. The third-order valence-corrected chi connectivity index (χ3v) is 8.29. The molecule has 1 aromatic carbocycles. The molecule has 2 aliphatic rings.